The van der Waals surface area contributed by atoms with Crippen LogP contribution in [0.4, 0.5) is 0 Å². The third-order valence-electron chi connectivity index (χ3n) is 3.34. The minimum absolute atomic E-state index is 0.0365. The molecule has 0 aromatic carbocycles. The summed E-state index contributed by atoms with van der Waals surface area (Å²) >= 11 is 0. The smallest absolute Gasteiger partial charge is 0.0918 e. The number of rotatable bonds is 7. The maximum Gasteiger partial charge on any atom is 0.0918 e. The topological polar surface area (TPSA) is 62.3 Å². The van der Waals surface area contributed by atoms with Crippen molar-refractivity contribution in [3.05, 3.63) is 0 Å². The van der Waals surface area contributed by atoms with E-state index in [1.807, 2.05) is 0 Å². The molecule has 4 heteroatoms. The third kappa shape index (κ3) is 5.83. The van der Waals surface area contributed by atoms with Crippen LogP contribution in [0.2, 0.25) is 0 Å². The molecule has 18 heavy (non-hydrogen) atoms. The highest BCUT2D eigenvalue weighted by Crippen LogP contribution is 2.29. The van der Waals surface area contributed by atoms with Crippen molar-refractivity contribution in [3.63, 3.8) is 0 Å². The number of hydrogen-bond acceptors (Lipinski definition) is 3. The minimum Gasteiger partial charge on any atom is -0.388 e. The highest BCUT2D eigenvalue weighted by atomic mass is 16.5. The van der Waals surface area contributed by atoms with E-state index in [4.69, 9.17) is 15.9 Å². The zero-order chi connectivity index (χ0) is 13.8. The molecule has 1 atom stereocenters. The Hall–Kier alpha value is -0.610. The van der Waals surface area contributed by atoms with E-state index in [9.17, 15) is 0 Å². The van der Waals surface area contributed by atoms with Gasteiger partial charge in [-0.1, -0.05) is 13.8 Å². The van der Waals surface area contributed by atoms with Crippen LogP contribution in [-0.2, 0) is 4.74 Å². The van der Waals surface area contributed by atoms with Crippen molar-refractivity contribution in [3.8, 4) is 0 Å². The van der Waals surface area contributed by atoms with Gasteiger partial charge in [-0.25, -0.2) is 0 Å². The van der Waals surface area contributed by atoms with Crippen molar-refractivity contribution >= 4 is 5.84 Å². The van der Waals surface area contributed by atoms with E-state index in [-0.39, 0.29) is 11.4 Å². The molecule has 0 aromatic rings. The summed E-state index contributed by atoms with van der Waals surface area (Å²) in [5.41, 5.74) is 5.48. The standard InChI is InChI=1S/C14H29N3O/c1-11(2)9-17(8-6-13(15)16)10-12-5-7-14(3,4)18-12/h11-12H,5-10H2,1-4H3,(H3,15,16). The van der Waals surface area contributed by atoms with E-state index < -0.39 is 0 Å². The molecule has 1 aliphatic heterocycles. The van der Waals surface area contributed by atoms with Gasteiger partial charge in [-0.2, -0.15) is 0 Å². The molecule has 0 aromatic heterocycles. The maximum absolute atomic E-state index is 7.34. The highest BCUT2D eigenvalue weighted by Gasteiger charge is 2.32. The van der Waals surface area contributed by atoms with E-state index in [1.165, 1.54) is 0 Å². The molecule has 106 valence electrons. The third-order valence-corrected chi connectivity index (χ3v) is 3.34. The van der Waals surface area contributed by atoms with Crippen LogP contribution in [0.3, 0.4) is 0 Å². The van der Waals surface area contributed by atoms with Crippen molar-refractivity contribution in [1.29, 1.82) is 5.41 Å². The molecule has 1 aliphatic rings. The summed E-state index contributed by atoms with van der Waals surface area (Å²) in [6.45, 7) is 11.7. The molecule has 0 amide bonds. The Morgan fingerprint density at radius 2 is 2.17 bits per heavy atom. The normalized spacial score (nSPS) is 22.9. The van der Waals surface area contributed by atoms with E-state index in [1.54, 1.807) is 0 Å². The van der Waals surface area contributed by atoms with E-state index in [0.717, 1.165) is 32.5 Å². The van der Waals surface area contributed by atoms with Crippen molar-refractivity contribution in [2.75, 3.05) is 19.6 Å². The molecule has 0 radical (unpaired) electrons. The molecule has 0 saturated carbocycles. The first-order chi connectivity index (χ1) is 8.28. The summed E-state index contributed by atoms with van der Waals surface area (Å²) in [6.07, 6.45) is 3.27. The van der Waals surface area contributed by atoms with Gasteiger partial charge in [0.25, 0.3) is 0 Å². The second kappa shape index (κ2) is 6.53. The Labute approximate surface area is 111 Å². The second-order valence-corrected chi connectivity index (χ2v) is 6.47. The van der Waals surface area contributed by atoms with Gasteiger partial charge >= 0.3 is 0 Å². The van der Waals surface area contributed by atoms with Gasteiger partial charge in [0.1, 0.15) is 0 Å². The first-order valence-electron chi connectivity index (χ1n) is 7.01. The summed E-state index contributed by atoms with van der Waals surface area (Å²) in [4.78, 5) is 2.39. The Bertz CT molecular complexity index is 276. The fraction of sp³-hybridized carbons (Fsp3) is 0.929. The predicted molar refractivity (Wildman–Crippen MR) is 76.0 cm³/mol. The summed E-state index contributed by atoms with van der Waals surface area (Å²) in [7, 11) is 0. The lowest BCUT2D eigenvalue weighted by molar-refractivity contribution is -0.0294. The van der Waals surface area contributed by atoms with Gasteiger partial charge in [-0.3, -0.25) is 5.41 Å². The minimum atomic E-state index is 0.0365. The molecule has 1 saturated heterocycles. The molecule has 0 aliphatic carbocycles. The van der Waals surface area contributed by atoms with Crippen LogP contribution in [0, 0.1) is 11.3 Å². The Morgan fingerprint density at radius 3 is 2.61 bits per heavy atom. The summed E-state index contributed by atoms with van der Waals surface area (Å²) in [6, 6.07) is 0. The molecule has 1 heterocycles. The van der Waals surface area contributed by atoms with Gasteiger partial charge in [0, 0.05) is 26.1 Å². The maximum atomic E-state index is 7.34. The summed E-state index contributed by atoms with van der Waals surface area (Å²) in [5, 5.41) is 7.34. The lowest BCUT2D eigenvalue weighted by Gasteiger charge is -2.28. The number of nitrogens with one attached hydrogen (secondary N) is 1. The van der Waals surface area contributed by atoms with Crippen LogP contribution in [0.15, 0.2) is 0 Å². The van der Waals surface area contributed by atoms with Gasteiger partial charge < -0.3 is 15.4 Å². The first-order valence-corrected chi connectivity index (χ1v) is 7.01. The molecular formula is C14H29N3O. The van der Waals surface area contributed by atoms with Crippen LogP contribution in [-0.4, -0.2) is 42.1 Å². The average molecular weight is 255 g/mol. The SMILES string of the molecule is CC(C)CN(CCC(=N)N)CC1CCC(C)(C)O1. The fourth-order valence-electron chi connectivity index (χ4n) is 2.55. The van der Waals surface area contributed by atoms with E-state index >= 15 is 0 Å². The van der Waals surface area contributed by atoms with Gasteiger partial charge in [-0.15, -0.1) is 0 Å². The van der Waals surface area contributed by atoms with Gasteiger partial charge in [0.15, 0.2) is 0 Å². The number of amidine groups is 1. The second-order valence-electron chi connectivity index (χ2n) is 6.47. The van der Waals surface area contributed by atoms with E-state index in [2.05, 4.69) is 32.6 Å². The Kier molecular flexibility index (Phi) is 5.60. The lowest BCUT2D eigenvalue weighted by atomic mass is 10.1. The van der Waals surface area contributed by atoms with Crippen LogP contribution in [0.1, 0.15) is 47.0 Å². The monoisotopic (exact) mass is 255 g/mol. The molecule has 0 bridgehead atoms. The molecule has 3 N–H and O–H groups in total. The van der Waals surface area contributed by atoms with Gasteiger partial charge in [-0.05, 0) is 32.6 Å². The van der Waals surface area contributed by atoms with Gasteiger partial charge in [0.05, 0.1) is 17.5 Å². The predicted octanol–water partition coefficient (Wildman–Crippen LogP) is 2.23. The Balaban J connectivity index is 2.42. The van der Waals surface area contributed by atoms with E-state index in [0.29, 0.717) is 18.4 Å². The quantitative estimate of drug-likeness (QED) is 0.541. The summed E-state index contributed by atoms with van der Waals surface area (Å²) in [5.74, 6) is 0.905. The fourth-order valence-corrected chi connectivity index (χ4v) is 2.55. The number of ether oxygens (including phenoxy) is 1. The molecular weight excluding hydrogens is 226 g/mol. The molecule has 1 fully saturated rings. The molecule has 0 spiro atoms. The van der Waals surface area contributed by atoms with Crippen LogP contribution in [0.25, 0.3) is 0 Å². The zero-order valence-corrected chi connectivity index (χ0v) is 12.3. The summed E-state index contributed by atoms with van der Waals surface area (Å²) < 4.78 is 6.04. The first kappa shape index (κ1) is 15.4. The average Bonchev–Trinajstić information content (AvgIpc) is 2.53. The largest absolute Gasteiger partial charge is 0.388 e. The van der Waals surface area contributed by atoms with Crippen LogP contribution < -0.4 is 5.73 Å². The highest BCUT2D eigenvalue weighted by molar-refractivity contribution is 5.76. The van der Waals surface area contributed by atoms with Crippen molar-refractivity contribution < 1.29 is 4.74 Å². The van der Waals surface area contributed by atoms with Crippen molar-refractivity contribution in [1.82, 2.24) is 4.90 Å². The molecule has 4 nitrogen and oxygen atoms in total. The zero-order valence-electron chi connectivity index (χ0n) is 12.3. The lowest BCUT2D eigenvalue weighted by Crippen LogP contribution is -2.38. The molecule has 1 rings (SSSR count). The van der Waals surface area contributed by atoms with Crippen molar-refractivity contribution in [2.45, 2.75) is 58.7 Å². The van der Waals surface area contributed by atoms with Crippen molar-refractivity contribution in [2.24, 2.45) is 11.7 Å². The van der Waals surface area contributed by atoms with Gasteiger partial charge in [0.2, 0.25) is 0 Å². The van der Waals surface area contributed by atoms with Crippen LogP contribution in [0.5, 0.6) is 0 Å². The Morgan fingerprint density at radius 1 is 1.50 bits per heavy atom. The molecule has 1 unspecified atom stereocenters. The number of nitrogens with zero attached hydrogens (tertiary/aromatic N) is 1. The number of hydrogen-bond donors (Lipinski definition) is 2. The number of nitrogens with two attached hydrogens (primary N) is 1. The van der Waals surface area contributed by atoms with Crippen LogP contribution >= 0.6 is 0 Å².